The van der Waals surface area contributed by atoms with Crippen molar-refractivity contribution < 1.29 is 5.11 Å². The maximum absolute atomic E-state index is 10.0. The third-order valence-corrected chi connectivity index (χ3v) is 3.21. The SMILES string of the molecule is C/C=C/C(C)=C/[C@@H](C)[C@H](O)CC[C@@H](C)CC. The van der Waals surface area contributed by atoms with E-state index in [2.05, 4.69) is 39.8 Å². The van der Waals surface area contributed by atoms with Crippen LogP contribution in [0.1, 0.15) is 53.9 Å². The molecular formula is C15H28O. The fourth-order valence-electron chi connectivity index (χ4n) is 1.77. The average Bonchev–Trinajstić information content (AvgIpc) is 2.25. The Labute approximate surface area is 101 Å². The molecule has 0 saturated heterocycles. The zero-order valence-electron chi connectivity index (χ0n) is 11.5. The van der Waals surface area contributed by atoms with E-state index < -0.39 is 0 Å². The Kier molecular flexibility index (Phi) is 8.28. The largest absolute Gasteiger partial charge is 0.393 e. The summed E-state index contributed by atoms with van der Waals surface area (Å²) in [7, 11) is 0. The van der Waals surface area contributed by atoms with Crippen LogP contribution >= 0.6 is 0 Å². The monoisotopic (exact) mass is 224 g/mol. The van der Waals surface area contributed by atoms with Gasteiger partial charge in [-0.3, -0.25) is 0 Å². The van der Waals surface area contributed by atoms with Crippen molar-refractivity contribution in [3.8, 4) is 0 Å². The van der Waals surface area contributed by atoms with Crippen LogP contribution < -0.4 is 0 Å². The Morgan fingerprint density at radius 3 is 2.38 bits per heavy atom. The number of aliphatic hydroxyl groups is 1. The molecule has 0 saturated carbocycles. The predicted octanol–water partition coefficient (Wildman–Crippen LogP) is 4.33. The molecule has 0 aromatic rings. The molecule has 0 aliphatic rings. The lowest BCUT2D eigenvalue weighted by molar-refractivity contribution is 0.120. The van der Waals surface area contributed by atoms with Gasteiger partial charge >= 0.3 is 0 Å². The van der Waals surface area contributed by atoms with Crippen LogP contribution in [0, 0.1) is 11.8 Å². The highest BCUT2D eigenvalue weighted by Gasteiger charge is 2.12. The highest BCUT2D eigenvalue weighted by molar-refractivity contribution is 5.16. The molecule has 1 N–H and O–H groups in total. The molecule has 0 spiro atoms. The average molecular weight is 224 g/mol. The molecule has 0 heterocycles. The van der Waals surface area contributed by atoms with Crippen LogP contribution in [-0.2, 0) is 0 Å². The Morgan fingerprint density at radius 2 is 1.88 bits per heavy atom. The molecule has 0 aliphatic carbocycles. The van der Waals surface area contributed by atoms with Crippen molar-refractivity contribution in [2.45, 2.75) is 60.0 Å². The first-order valence-corrected chi connectivity index (χ1v) is 6.50. The molecule has 0 aromatic carbocycles. The number of allylic oxidation sites excluding steroid dienone is 3. The quantitative estimate of drug-likeness (QED) is 0.638. The van der Waals surface area contributed by atoms with Crippen LogP contribution in [0.15, 0.2) is 23.8 Å². The van der Waals surface area contributed by atoms with Crippen LogP contribution in [-0.4, -0.2) is 11.2 Å². The second kappa shape index (κ2) is 8.58. The van der Waals surface area contributed by atoms with Crippen molar-refractivity contribution in [3.05, 3.63) is 23.8 Å². The second-order valence-electron chi connectivity index (χ2n) is 4.93. The first-order chi connectivity index (χ1) is 7.51. The molecule has 0 unspecified atom stereocenters. The lowest BCUT2D eigenvalue weighted by atomic mass is 9.93. The molecule has 3 atom stereocenters. The molecule has 0 amide bonds. The van der Waals surface area contributed by atoms with Gasteiger partial charge in [0.1, 0.15) is 0 Å². The van der Waals surface area contributed by atoms with Gasteiger partial charge in [0.15, 0.2) is 0 Å². The maximum Gasteiger partial charge on any atom is 0.0600 e. The van der Waals surface area contributed by atoms with E-state index in [-0.39, 0.29) is 12.0 Å². The van der Waals surface area contributed by atoms with E-state index in [1.807, 2.05) is 13.0 Å². The minimum Gasteiger partial charge on any atom is -0.393 e. The minimum absolute atomic E-state index is 0.200. The van der Waals surface area contributed by atoms with Crippen LogP contribution in [0.5, 0.6) is 0 Å². The summed E-state index contributed by atoms with van der Waals surface area (Å²) in [6.07, 6.45) is 9.31. The van der Waals surface area contributed by atoms with Gasteiger partial charge in [0.05, 0.1) is 6.10 Å². The van der Waals surface area contributed by atoms with E-state index >= 15 is 0 Å². The molecule has 0 rings (SSSR count). The summed E-state index contributed by atoms with van der Waals surface area (Å²) in [5, 5.41) is 10.0. The first-order valence-electron chi connectivity index (χ1n) is 6.50. The van der Waals surface area contributed by atoms with Crippen molar-refractivity contribution >= 4 is 0 Å². The molecule has 0 aromatic heterocycles. The fourth-order valence-corrected chi connectivity index (χ4v) is 1.77. The highest BCUT2D eigenvalue weighted by Crippen LogP contribution is 2.17. The van der Waals surface area contributed by atoms with Gasteiger partial charge in [-0.05, 0) is 32.6 Å². The summed E-state index contributed by atoms with van der Waals surface area (Å²) >= 11 is 0. The van der Waals surface area contributed by atoms with Gasteiger partial charge in [0, 0.05) is 5.92 Å². The molecule has 0 aliphatic heterocycles. The summed E-state index contributed by atoms with van der Waals surface area (Å²) < 4.78 is 0. The Hall–Kier alpha value is -0.560. The lowest BCUT2D eigenvalue weighted by Gasteiger charge is -2.18. The summed E-state index contributed by atoms with van der Waals surface area (Å²) in [5.74, 6) is 0.975. The van der Waals surface area contributed by atoms with Crippen molar-refractivity contribution in [1.82, 2.24) is 0 Å². The zero-order valence-corrected chi connectivity index (χ0v) is 11.5. The zero-order chi connectivity index (χ0) is 12.6. The van der Waals surface area contributed by atoms with E-state index in [4.69, 9.17) is 0 Å². The van der Waals surface area contributed by atoms with E-state index in [0.717, 1.165) is 18.8 Å². The van der Waals surface area contributed by atoms with Crippen molar-refractivity contribution in [1.29, 1.82) is 0 Å². The number of rotatable bonds is 7. The summed E-state index contributed by atoms with van der Waals surface area (Å²) in [4.78, 5) is 0. The van der Waals surface area contributed by atoms with Crippen LogP contribution in [0.2, 0.25) is 0 Å². The molecular weight excluding hydrogens is 196 g/mol. The molecule has 1 heteroatoms. The summed E-state index contributed by atoms with van der Waals surface area (Å²) in [5.41, 5.74) is 1.23. The highest BCUT2D eigenvalue weighted by atomic mass is 16.3. The van der Waals surface area contributed by atoms with Crippen molar-refractivity contribution in [2.24, 2.45) is 11.8 Å². The van der Waals surface area contributed by atoms with Gasteiger partial charge in [-0.15, -0.1) is 0 Å². The molecule has 16 heavy (non-hydrogen) atoms. The molecule has 0 radical (unpaired) electrons. The normalized spacial score (nSPS) is 18.8. The predicted molar refractivity (Wildman–Crippen MR) is 72.4 cm³/mol. The third kappa shape index (κ3) is 6.84. The van der Waals surface area contributed by atoms with E-state index in [9.17, 15) is 5.11 Å². The van der Waals surface area contributed by atoms with Crippen LogP contribution in [0.25, 0.3) is 0 Å². The van der Waals surface area contributed by atoms with Gasteiger partial charge < -0.3 is 5.11 Å². The topological polar surface area (TPSA) is 20.2 Å². The van der Waals surface area contributed by atoms with Gasteiger partial charge in [0.2, 0.25) is 0 Å². The standard InChI is InChI=1S/C15H28O/c1-6-8-13(4)11-14(5)15(16)10-9-12(3)7-2/h6,8,11-12,14-16H,7,9-10H2,1-5H3/b8-6+,13-11+/t12-,14+,15+/m0/s1. The van der Waals surface area contributed by atoms with Crippen molar-refractivity contribution in [3.63, 3.8) is 0 Å². The van der Waals surface area contributed by atoms with Gasteiger partial charge in [0.25, 0.3) is 0 Å². The van der Waals surface area contributed by atoms with E-state index in [0.29, 0.717) is 0 Å². The van der Waals surface area contributed by atoms with E-state index in [1.54, 1.807) is 0 Å². The Morgan fingerprint density at radius 1 is 1.25 bits per heavy atom. The third-order valence-electron chi connectivity index (χ3n) is 3.21. The number of hydrogen-bond donors (Lipinski definition) is 1. The maximum atomic E-state index is 10.0. The molecule has 1 nitrogen and oxygen atoms in total. The van der Waals surface area contributed by atoms with E-state index in [1.165, 1.54) is 12.0 Å². The number of aliphatic hydroxyl groups excluding tert-OH is 1. The smallest absolute Gasteiger partial charge is 0.0600 e. The minimum atomic E-state index is -0.200. The van der Waals surface area contributed by atoms with Gasteiger partial charge in [-0.2, -0.15) is 0 Å². The van der Waals surface area contributed by atoms with Crippen LogP contribution in [0.3, 0.4) is 0 Å². The van der Waals surface area contributed by atoms with Crippen molar-refractivity contribution in [2.75, 3.05) is 0 Å². The number of hydrogen-bond acceptors (Lipinski definition) is 1. The lowest BCUT2D eigenvalue weighted by Crippen LogP contribution is -2.17. The molecule has 0 fully saturated rings. The summed E-state index contributed by atoms with van der Waals surface area (Å²) in [6.45, 7) is 10.6. The Bertz CT molecular complexity index is 228. The summed E-state index contributed by atoms with van der Waals surface area (Å²) in [6, 6.07) is 0. The van der Waals surface area contributed by atoms with Gasteiger partial charge in [-0.25, -0.2) is 0 Å². The molecule has 0 bridgehead atoms. The fraction of sp³-hybridized carbons (Fsp3) is 0.733. The van der Waals surface area contributed by atoms with Crippen LogP contribution in [0.4, 0.5) is 0 Å². The van der Waals surface area contributed by atoms with Gasteiger partial charge in [-0.1, -0.05) is 51.0 Å². The second-order valence-corrected chi connectivity index (χ2v) is 4.93. The first kappa shape index (κ1) is 15.4. The molecule has 94 valence electrons. The Balaban J connectivity index is 4.08.